The van der Waals surface area contributed by atoms with Gasteiger partial charge in [-0.1, -0.05) is 53.2 Å². The van der Waals surface area contributed by atoms with Crippen LogP contribution in [0.2, 0.25) is 0 Å². The van der Waals surface area contributed by atoms with Gasteiger partial charge in [-0.15, -0.1) is 0 Å². The third kappa shape index (κ3) is 3.04. The van der Waals surface area contributed by atoms with E-state index >= 15 is 0 Å². The Bertz CT molecular complexity index is 862. The molecule has 0 bridgehead atoms. The monoisotopic (exact) mass is 474 g/mol. The third-order valence-corrected chi connectivity index (χ3v) is 12.8. The summed E-state index contributed by atoms with van der Waals surface area (Å²) in [5.74, 6) is 1.81. The minimum atomic E-state index is -0.834. The molecule has 0 amide bonds. The molecule has 3 N–H and O–H groups in total. The summed E-state index contributed by atoms with van der Waals surface area (Å²) in [7, 11) is 0. The van der Waals surface area contributed by atoms with E-state index in [1.54, 1.807) is 5.57 Å². The summed E-state index contributed by atoms with van der Waals surface area (Å²) in [6.45, 7) is 18.2. The van der Waals surface area contributed by atoms with Gasteiger partial charge in [0.2, 0.25) is 0 Å². The zero-order chi connectivity index (χ0) is 25.1. The van der Waals surface area contributed by atoms with Crippen molar-refractivity contribution in [2.24, 2.45) is 45.3 Å². The van der Waals surface area contributed by atoms with Crippen LogP contribution in [0.25, 0.3) is 0 Å². The van der Waals surface area contributed by atoms with Crippen molar-refractivity contribution < 1.29 is 20.1 Å². The van der Waals surface area contributed by atoms with Crippen LogP contribution in [-0.4, -0.2) is 45.3 Å². The van der Waals surface area contributed by atoms with Crippen LogP contribution in [0, 0.1) is 45.3 Å². The zero-order valence-electron chi connectivity index (χ0n) is 22.9. The van der Waals surface area contributed by atoms with Gasteiger partial charge in [-0.2, -0.15) is 0 Å². The molecule has 0 aromatic rings. The standard InChI is InChI=1S/C30H50O4/c1-17(24-23(32)25(33)27(4,5)34-24)18-11-15-30(8)20-9-10-21-26(2,3)22(31)13-14-28(21,6)19(20)12-16-29(18,30)7/h9,17-19,21-25,31-33H,10-16H2,1-8H3/t17-,18+,19+,21+,22-,23+,24+,25+,28+,29+,30+/m1/s1. The molecule has 3 saturated carbocycles. The molecular formula is C30H50O4. The average Bonchev–Trinajstić information content (AvgIpc) is 3.15. The van der Waals surface area contributed by atoms with E-state index in [0.717, 1.165) is 25.7 Å². The van der Waals surface area contributed by atoms with E-state index in [2.05, 4.69) is 47.6 Å². The number of allylic oxidation sites excluding steroid dienone is 2. The fourth-order valence-corrected chi connectivity index (χ4v) is 10.3. The molecule has 4 fully saturated rings. The van der Waals surface area contributed by atoms with Crippen molar-refractivity contribution in [2.75, 3.05) is 0 Å². The lowest BCUT2D eigenvalue weighted by molar-refractivity contribution is -0.135. The second kappa shape index (κ2) is 7.55. The van der Waals surface area contributed by atoms with E-state index < -0.39 is 17.8 Å². The summed E-state index contributed by atoms with van der Waals surface area (Å²) in [5, 5.41) is 32.3. The SMILES string of the molecule is C[C@@H]([C@@H]1OC(C)(C)[C@@H](O)[C@H]1O)[C@@H]1CC[C@@]2(C)C3=CC[C@H]4C(C)(C)[C@H](O)CC[C@@]4(C)[C@H]3CC[C@@]12C. The van der Waals surface area contributed by atoms with Crippen LogP contribution < -0.4 is 0 Å². The third-order valence-electron chi connectivity index (χ3n) is 12.8. The smallest absolute Gasteiger partial charge is 0.111 e. The van der Waals surface area contributed by atoms with Gasteiger partial charge in [0.25, 0.3) is 0 Å². The molecule has 0 radical (unpaired) electrons. The van der Waals surface area contributed by atoms with E-state index in [0.29, 0.717) is 17.8 Å². The van der Waals surface area contributed by atoms with Crippen molar-refractivity contribution in [1.29, 1.82) is 0 Å². The van der Waals surface area contributed by atoms with Crippen LogP contribution in [0.1, 0.15) is 100 Å². The number of hydrogen-bond donors (Lipinski definition) is 3. The first kappa shape index (κ1) is 25.2. The Morgan fingerprint density at radius 2 is 1.59 bits per heavy atom. The Kier molecular flexibility index (Phi) is 5.61. The van der Waals surface area contributed by atoms with Gasteiger partial charge in [-0.05, 0) is 104 Å². The van der Waals surface area contributed by atoms with Crippen LogP contribution in [0.4, 0.5) is 0 Å². The Hall–Kier alpha value is -0.420. The van der Waals surface area contributed by atoms with Crippen molar-refractivity contribution in [3.63, 3.8) is 0 Å². The number of rotatable bonds is 2. The summed E-state index contributed by atoms with van der Waals surface area (Å²) in [6.07, 6.45) is 8.38. The number of fused-ring (bicyclic) bond motifs is 5. The average molecular weight is 475 g/mol. The molecule has 1 saturated heterocycles. The number of aliphatic hydroxyl groups is 3. The van der Waals surface area contributed by atoms with E-state index in [1.165, 1.54) is 19.3 Å². The predicted octanol–water partition coefficient (Wildman–Crippen LogP) is 5.49. The van der Waals surface area contributed by atoms with Gasteiger partial charge in [0, 0.05) is 0 Å². The maximum Gasteiger partial charge on any atom is 0.111 e. The highest BCUT2D eigenvalue weighted by atomic mass is 16.6. The van der Waals surface area contributed by atoms with E-state index in [1.807, 2.05) is 13.8 Å². The van der Waals surface area contributed by atoms with Gasteiger partial charge in [0.1, 0.15) is 12.2 Å². The molecule has 5 rings (SSSR count). The molecule has 34 heavy (non-hydrogen) atoms. The van der Waals surface area contributed by atoms with Crippen molar-refractivity contribution >= 4 is 0 Å². The molecule has 0 unspecified atom stereocenters. The lowest BCUT2D eigenvalue weighted by Gasteiger charge is -2.64. The first-order valence-electron chi connectivity index (χ1n) is 14.0. The summed E-state index contributed by atoms with van der Waals surface area (Å²) in [4.78, 5) is 0. The van der Waals surface area contributed by atoms with Crippen molar-refractivity contribution in [3.8, 4) is 0 Å². The van der Waals surface area contributed by atoms with E-state index in [-0.39, 0.29) is 39.8 Å². The van der Waals surface area contributed by atoms with Crippen LogP contribution in [0.5, 0.6) is 0 Å². The van der Waals surface area contributed by atoms with Gasteiger partial charge in [-0.25, -0.2) is 0 Å². The molecule has 5 aliphatic rings. The molecule has 1 heterocycles. The van der Waals surface area contributed by atoms with E-state index in [9.17, 15) is 15.3 Å². The molecule has 0 aromatic carbocycles. The number of aliphatic hydroxyl groups excluding tert-OH is 3. The Labute approximate surface area is 207 Å². The number of ether oxygens (including phenoxy) is 1. The maximum atomic E-state index is 10.9. The van der Waals surface area contributed by atoms with Gasteiger partial charge in [-0.3, -0.25) is 0 Å². The van der Waals surface area contributed by atoms with Gasteiger partial charge >= 0.3 is 0 Å². The first-order valence-corrected chi connectivity index (χ1v) is 14.0. The molecule has 1 aliphatic heterocycles. The highest BCUT2D eigenvalue weighted by Gasteiger charge is 2.66. The Balaban J connectivity index is 1.46. The van der Waals surface area contributed by atoms with Crippen LogP contribution in [-0.2, 0) is 4.74 Å². The molecule has 4 aliphatic carbocycles. The summed E-state index contributed by atoms with van der Waals surface area (Å²) >= 11 is 0. The quantitative estimate of drug-likeness (QED) is 0.463. The lowest BCUT2D eigenvalue weighted by Crippen LogP contribution is -2.58. The summed E-state index contributed by atoms with van der Waals surface area (Å²) < 4.78 is 6.29. The van der Waals surface area contributed by atoms with Crippen LogP contribution >= 0.6 is 0 Å². The molecule has 11 atom stereocenters. The highest BCUT2D eigenvalue weighted by Crippen LogP contribution is 2.73. The van der Waals surface area contributed by atoms with Crippen molar-refractivity contribution in [2.45, 2.75) is 130 Å². The Morgan fingerprint density at radius 1 is 0.912 bits per heavy atom. The topological polar surface area (TPSA) is 69.9 Å². The fourth-order valence-electron chi connectivity index (χ4n) is 10.3. The van der Waals surface area contributed by atoms with Crippen LogP contribution in [0.3, 0.4) is 0 Å². The summed E-state index contributed by atoms with van der Waals surface area (Å²) in [5.41, 5.74) is 1.57. The van der Waals surface area contributed by atoms with Crippen molar-refractivity contribution in [3.05, 3.63) is 11.6 Å². The first-order chi connectivity index (χ1) is 15.6. The predicted molar refractivity (Wildman–Crippen MR) is 135 cm³/mol. The molecule has 4 heteroatoms. The maximum absolute atomic E-state index is 10.9. The van der Waals surface area contributed by atoms with Gasteiger partial charge in [0.15, 0.2) is 0 Å². The molecule has 4 nitrogen and oxygen atoms in total. The number of hydrogen-bond acceptors (Lipinski definition) is 4. The Morgan fingerprint density at radius 3 is 2.21 bits per heavy atom. The van der Waals surface area contributed by atoms with Gasteiger partial charge < -0.3 is 20.1 Å². The molecule has 0 aromatic heterocycles. The fraction of sp³-hybridized carbons (Fsp3) is 0.933. The second-order valence-electron chi connectivity index (χ2n) is 14.8. The minimum absolute atomic E-state index is 0.0347. The van der Waals surface area contributed by atoms with Crippen molar-refractivity contribution in [1.82, 2.24) is 0 Å². The normalized spacial score (nSPS) is 54.6. The highest BCUT2D eigenvalue weighted by molar-refractivity contribution is 5.33. The molecule has 0 spiro atoms. The summed E-state index contributed by atoms with van der Waals surface area (Å²) in [6, 6.07) is 0. The van der Waals surface area contributed by atoms with Gasteiger partial charge in [0.05, 0.1) is 17.8 Å². The molecule has 194 valence electrons. The largest absolute Gasteiger partial charge is 0.393 e. The van der Waals surface area contributed by atoms with E-state index in [4.69, 9.17) is 4.74 Å². The minimum Gasteiger partial charge on any atom is -0.393 e. The zero-order valence-corrected chi connectivity index (χ0v) is 22.9. The lowest BCUT2D eigenvalue weighted by atomic mass is 9.41. The van der Waals surface area contributed by atoms with Crippen LogP contribution in [0.15, 0.2) is 11.6 Å². The second-order valence-corrected chi connectivity index (χ2v) is 14.8. The molecular weight excluding hydrogens is 424 g/mol.